The molecule has 2 heterocycles. The Hall–Kier alpha value is -2.02. The summed E-state index contributed by atoms with van der Waals surface area (Å²) in [6.07, 6.45) is 1.60. The van der Waals surface area contributed by atoms with Gasteiger partial charge in [0.05, 0.1) is 24.9 Å². The highest BCUT2D eigenvalue weighted by Crippen LogP contribution is 2.32. The topological polar surface area (TPSA) is 44.8 Å². The summed E-state index contributed by atoms with van der Waals surface area (Å²) in [7, 11) is 0. The van der Waals surface area contributed by atoms with Gasteiger partial charge in [0.1, 0.15) is 5.82 Å². The summed E-state index contributed by atoms with van der Waals surface area (Å²) in [6.45, 7) is 6.08. The number of carbonyl (C=O) groups excluding carboxylic acids is 1. The number of carbonyl (C=O) groups is 1. The van der Waals surface area contributed by atoms with Crippen molar-refractivity contribution in [2.24, 2.45) is 5.92 Å². The fourth-order valence-corrected chi connectivity index (χ4v) is 4.98. The van der Waals surface area contributed by atoms with Crippen molar-refractivity contribution < 1.29 is 13.9 Å². The molecule has 0 aliphatic carbocycles. The van der Waals surface area contributed by atoms with Crippen molar-refractivity contribution in [2.45, 2.75) is 25.8 Å². The second-order valence-electron chi connectivity index (χ2n) is 8.39. The number of benzene rings is 2. The van der Waals surface area contributed by atoms with Crippen molar-refractivity contribution in [3.8, 4) is 0 Å². The van der Waals surface area contributed by atoms with E-state index < -0.39 is 0 Å². The first-order chi connectivity index (χ1) is 15.4. The van der Waals surface area contributed by atoms with E-state index in [9.17, 15) is 9.18 Å². The normalized spacial score (nSPS) is 18.5. The maximum atomic E-state index is 14.6. The second kappa shape index (κ2) is 10.3. The lowest BCUT2D eigenvalue weighted by atomic mass is 9.94. The van der Waals surface area contributed by atoms with E-state index >= 15 is 0 Å². The summed E-state index contributed by atoms with van der Waals surface area (Å²) in [6, 6.07) is 10.2. The first kappa shape index (κ1) is 23.1. The van der Waals surface area contributed by atoms with Crippen LogP contribution in [0.2, 0.25) is 10.0 Å². The molecule has 32 heavy (non-hydrogen) atoms. The summed E-state index contributed by atoms with van der Waals surface area (Å²) in [5, 5.41) is 4.34. The number of rotatable bonds is 5. The fraction of sp³-hybridized carbons (Fsp3) is 0.458. The Balaban J connectivity index is 1.40. The second-order valence-corrected chi connectivity index (χ2v) is 9.24. The summed E-state index contributed by atoms with van der Waals surface area (Å²) in [4.78, 5) is 16.9. The molecule has 1 atom stereocenters. The molecular formula is C24H28Cl2FN3O2. The molecule has 2 aliphatic rings. The Kier molecular flexibility index (Phi) is 7.44. The molecule has 0 spiro atoms. The minimum Gasteiger partial charge on any atom is -0.378 e. The molecule has 1 N–H and O–H groups in total. The molecule has 2 aliphatic heterocycles. The number of halogens is 3. The van der Waals surface area contributed by atoms with Crippen LogP contribution in [0, 0.1) is 11.7 Å². The van der Waals surface area contributed by atoms with Gasteiger partial charge in [0, 0.05) is 47.8 Å². The number of amides is 1. The van der Waals surface area contributed by atoms with Crippen LogP contribution >= 0.6 is 23.2 Å². The number of hydrogen-bond acceptors (Lipinski definition) is 4. The van der Waals surface area contributed by atoms with Gasteiger partial charge in [0.15, 0.2) is 0 Å². The number of nitrogens with one attached hydrogen (secondary N) is 1. The van der Waals surface area contributed by atoms with E-state index in [1.54, 1.807) is 18.2 Å². The Morgan fingerprint density at radius 1 is 1.09 bits per heavy atom. The van der Waals surface area contributed by atoms with Crippen LogP contribution in [0.3, 0.4) is 0 Å². The smallest absolute Gasteiger partial charge is 0.225 e. The average molecular weight is 480 g/mol. The van der Waals surface area contributed by atoms with E-state index in [2.05, 4.69) is 10.2 Å². The van der Waals surface area contributed by atoms with Crippen molar-refractivity contribution in [3.63, 3.8) is 0 Å². The Morgan fingerprint density at radius 3 is 2.50 bits per heavy atom. The minimum absolute atomic E-state index is 0.0504. The molecule has 0 aromatic heterocycles. The molecule has 0 unspecified atom stereocenters. The van der Waals surface area contributed by atoms with E-state index in [-0.39, 0.29) is 23.7 Å². The van der Waals surface area contributed by atoms with Crippen LogP contribution in [0.15, 0.2) is 36.4 Å². The van der Waals surface area contributed by atoms with Crippen molar-refractivity contribution in [3.05, 3.63) is 57.8 Å². The van der Waals surface area contributed by atoms with E-state index in [0.29, 0.717) is 42.0 Å². The van der Waals surface area contributed by atoms with Gasteiger partial charge in [-0.15, -0.1) is 0 Å². The molecule has 0 saturated carbocycles. The molecule has 1 amide bonds. The molecule has 2 saturated heterocycles. The molecule has 4 rings (SSSR count). The van der Waals surface area contributed by atoms with Crippen LogP contribution in [-0.4, -0.2) is 50.2 Å². The number of hydrogen-bond donors (Lipinski definition) is 1. The highest BCUT2D eigenvalue weighted by molar-refractivity contribution is 6.35. The number of morpholine rings is 1. The highest BCUT2D eigenvalue weighted by Gasteiger charge is 2.29. The van der Waals surface area contributed by atoms with Gasteiger partial charge in [0.2, 0.25) is 5.91 Å². The Morgan fingerprint density at radius 2 is 1.81 bits per heavy atom. The lowest BCUT2D eigenvalue weighted by molar-refractivity contribution is -0.140. The average Bonchev–Trinajstić information content (AvgIpc) is 2.80. The minimum atomic E-state index is -0.317. The van der Waals surface area contributed by atoms with Gasteiger partial charge in [-0.3, -0.25) is 4.79 Å². The third kappa shape index (κ3) is 5.30. The first-order valence-corrected chi connectivity index (χ1v) is 11.8. The standard InChI is InChI=1S/C24H28Cl2FN3O2/c1-16(20-4-2-18(25)14-21(20)26)28-23-15-19(3-5-22(23)27)29-8-6-17(7-9-29)24(31)30-10-12-32-13-11-30/h2-5,14-17,28H,6-13H2,1H3/t16-/m1/s1. The van der Waals surface area contributed by atoms with Gasteiger partial charge in [-0.05, 0) is 55.7 Å². The first-order valence-electron chi connectivity index (χ1n) is 11.0. The van der Waals surface area contributed by atoms with Gasteiger partial charge < -0.3 is 19.9 Å². The van der Waals surface area contributed by atoms with E-state index in [1.165, 1.54) is 6.07 Å². The van der Waals surface area contributed by atoms with Crippen LogP contribution in [-0.2, 0) is 9.53 Å². The Labute approximate surface area is 198 Å². The molecular weight excluding hydrogens is 452 g/mol. The lowest BCUT2D eigenvalue weighted by Crippen LogP contribution is -2.46. The van der Waals surface area contributed by atoms with Gasteiger partial charge in [0.25, 0.3) is 0 Å². The molecule has 8 heteroatoms. The summed E-state index contributed by atoms with van der Waals surface area (Å²) >= 11 is 12.3. The quantitative estimate of drug-likeness (QED) is 0.624. The predicted molar refractivity (Wildman–Crippen MR) is 127 cm³/mol. The van der Waals surface area contributed by atoms with Gasteiger partial charge >= 0.3 is 0 Å². The zero-order valence-corrected chi connectivity index (χ0v) is 19.6. The maximum absolute atomic E-state index is 14.6. The number of anilines is 2. The van der Waals surface area contributed by atoms with Crippen molar-refractivity contribution >= 4 is 40.5 Å². The molecule has 2 aromatic carbocycles. The van der Waals surface area contributed by atoms with E-state index in [0.717, 1.165) is 37.2 Å². The Bertz CT molecular complexity index is 960. The van der Waals surface area contributed by atoms with Crippen LogP contribution in [0.1, 0.15) is 31.4 Å². The maximum Gasteiger partial charge on any atom is 0.225 e. The zero-order valence-electron chi connectivity index (χ0n) is 18.1. The highest BCUT2D eigenvalue weighted by atomic mass is 35.5. The molecule has 2 fully saturated rings. The SMILES string of the molecule is C[C@@H](Nc1cc(N2CCC(C(=O)N3CCOCC3)CC2)ccc1F)c1ccc(Cl)cc1Cl. The third-order valence-corrected chi connectivity index (χ3v) is 6.85. The number of piperidine rings is 1. The number of nitrogens with zero attached hydrogens (tertiary/aromatic N) is 2. The van der Waals surface area contributed by atoms with Crippen molar-refractivity contribution in [1.82, 2.24) is 4.90 Å². The van der Waals surface area contributed by atoms with Gasteiger partial charge in [-0.25, -0.2) is 4.39 Å². The molecule has 172 valence electrons. The van der Waals surface area contributed by atoms with Crippen molar-refractivity contribution in [1.29, 1.82) is 0 Å². The fourth-order valence-electron chi connectivity index (χ4n) is 4.41. The van der Waals surface area contributed by atoms with E-state index in [1.807, 2.05) is 24.0 Å². The number of ether oxygens (including phenoxy) is 1. The van der Waals surface area contributed by atoms with Crippen molar-refractivity contribution in [2.75, 3.05) is 49.6 Å². The van der Waals surface area contributed by atoms with Crippen LogP contribution < -0.4 is 10.2 Å². The largest absolute Gasteiger partial charge is 0.378 e. The monoisotopic (exact) mass is 479 g/mol. The molecule has 5 nitrogen and oxygen atoms in total. The molecule has 0 radical (unpaired) electrons. The predicted octanol–water partition coefficient (Wildman–Crippen LogP) is 5.38. The van der Waals surface area contributed by atoms with E-state index in [4.69, 9.17) is 27.9 Å². The van der Waals surface area contributed by atoms with Gasteiger partial charge in [-0.1, -0.05) is 29.3 Å². The zero-order chi connectivity index (χ0) is 22.7. The van der Waals surface area contributed by atoms with Gasteiger partial charge in [-0.2, -0.15) is 0 Å². The van der Waals surface area contributed by atoms with Crippen LogP contribution in [0.5, 0.6) is 0 Å². The summed E-state index contributed by atoms with van der Waals surface area (Å²) < 4.78 is 19.9. The lowest BCUT2D eigenvalue weighted by Gasteiger charge is -2.36. The van der Waals surface area contributed by atoms with Crippen LogP contribution in [0.4, 0.5) is 15.8 Å². The molecule has 2 aromatic rings. The molecule has 0 bridgehead atoms. The summed E-state index contributed by atoms with van der Waals surface area (Å²) in [5.74, 6) is -0.0272. The third-order valence-electron chi connectivity index (χ3n) is 6.28. The summed E-state index contributed by atoms with van der Waals surface area (Å²) in [5.41, 5.74) is 2.22. The van der Waals surface area contributed by atoms with Crippen LogP contribution in [0.25, 0.3) is 0 Å².